The highest BCUT2D eigenvalue weighted by Crippen LogP contribution is 2.48. The maximum absolute atomic E-state index is 14.8. The van der Waals surface area contributed by atoms with Crippen molar-refractivity contribution in [1.82, 2.24) is 4.98 Å². The smallest absolute Gasteiger partial charge is 0.171 e. The van der Waals surface area contributed by atoms with Gasteiger partial charge in [0, 0.05) is 81.3 Å². The Morgan fingerprint density at radius 1 is 0.269 bits per heavy atom. The number of nitrogens with zero attached hydrogens (tertiary/aromatic N) is 1. The molecule has 6 nitrogen and oxygen atoms in total. The number of hydrogen-bond donors (Lipinski definition) is 0. The normalized spacial score (nSPS) is 11.9. The van der Waals surface area contributed by atoms with E-state index >= 15 is 0 Å². The Morgan fingerprint density at radius 3 is 1.03 bits per heavy atom. The third-order valence-electron chi connectivity index (χ3n) is 15.0. The molecule has 0 unspecified atom stereocenters. The Kier molecular flexibility index (Phi) is 10.7. The second kappa shape index (κ2) is 18.4. The van der Waals surface area contributed by atoms with E-state index < -0.39 is 7.14 Å². The van der Waals surface area contributed by atoms with Crippen LogP contribution in [0.1, 0.15) is 0 Å². The summed E-state index contributed by atoms with van der Waals surface area (Å²) >= 11 is 0. The van der Waals surface area contributed by atoms with Gasteiger partial charge in [-0.1, -0.05) is 218 Å². The number of pyridine rings is 1. The van der Waals surface area contributed by atoms with Gasteiger partial charge in [-0.2, -0.15) is 0 Å². The molecule has 0 spiro atoms. The van der Waals surface area contributed by atoms with Crippen LogP contribution in [0.2, 0.25) is 0 Å². The molecule has 5 heterocycles. The van der Waals surface area contributed by atoms with Crippen LogP contribution in [0.15, 0.2) is 285 Å². The van der Waals surface area contributed by atoms with Crippen molar-refractivity contribution >= 4 is 111 Å². The average Bonchev–Trinajstić information content (AvgIpc) is 4.43. The summed E-state index contributed by atoms with van der Waals surface area (Å²) in [4.78, 5) is 5.07. The summed E-state index contributed by atoms with van der Waals surface area (Å²) < 4.78 is 40.7. The molecule has 0 aliphatic heterocycles. The summed E-state index contributed by atoms with van der Waals surface area (Å²) in [7, 11) is -3.06. The zero-order valence-electron chi connectivity index (χ0n) is 41.8. The van der Waals surface area contributed by atoms with Gasteiger partial charge in [0.25, 0.3) is 0 Å². The predicted octanol–water partition coefficient (Wildman–Crippen LogP) is 18.7. The molecule has 0 bridgehead atoms. The molecule has 368 valence electrons. The van der Waals surface area contributed by atoms with Crippen LogP contribution in [-0.2, 0) is 4.57 Å². The van der Waals surface area contributed by atoms with Gasteiger partial charge in [-0.05, 0) is 59.7 Å². The summed E-state index contributed by atoms with van der Waals surface area (Å²) in [5, 5.41) is 11.0. The van der Waals surface area contributed by atoms with Gasteiger partial charge < -0.3 is 22.2 Å². The predicted molar refractivity (Wildman–Crippen MR) is 321 cm³/mol. The molecule has 0 radical (unpaired) electrons. The highest BCUT2D eigenvalue weighted by atomic mass is 31.2. The van der Waals surface area contributed by atoms with Gasteiger partial charge in [-0.15, -0.1) is 0 Å². The van der Waals surface area contributed by atoms with Crippen molar-refractivity contribution in [2.75, 3.05) is 0 Å². The van der Waals surface area contributed by atoms with Crippen molar-refractivity contribution in [3.63, 3.8) is 0 Å². The minimum atomic E-state index is -3.06. The van der Waals surface area contributed by atoms with Crippen molar-refractivity contribution in [2.24, 2.45) is 0 Å². The summed E-state index contributed by atoms with van der Waals surface area (Å²) in [6.07, 6.45) is 0. The Labute approximate surface area is 447 Å². The molecule has 0 saturated carbocycles. The first kappa shape index (κ1) is 45.4. The van der Waals surface area contributed by atoms with Crippen molar-refractivity contribution in [3.8, 4) is 44.8 Å². The summed E-state index contributed by atoms with van der Waals surface area (Å²) in [6.45, 7) is 0. The zero-order valence-corrected chi connectivity index (χ0v) is 42.7. The Hall–Kier alpha value is -10.0. The molecule has 78 heavy (non-hydrogen) atoms. The maximum Gasteiger partial charge on any atom is 0.171 e. The maximum atomic E-state index is 14.8. The molecule has 0 fully saturated rings. The molecule has 0 N–H and O–H groups in total. The lowest BCUT2D eigenvalue weighted by atomic mass is 9.96. The quantitative estimate of drug-likeness (QED) is 0.148. The van der Waals surface area contributed by atoms with E-state index in [-0.39, 0.29) is 0 Å². The Bertz CT molecular complexity index is 4880. The number of furan rings is 4. The van der Waals surface area contributed by atoms with E-state index in [0.717, 1.165) is 148 Å². The molecule has 0 aliphatic rings. The van der Waals surface area contributed by atoms with E-state index in [1.807, 2.05) is 182 Å². The van der Waals surface area contributed by atoms with Crippen LogP contribution in [0, 0.1) is 0 Å². The summed E-state index contributed by atoms with van der Waals surface area (Å²) in [6, 6.07) is 89.4. The monoisotopic (exact) mass is 1020 g/mol. The lowest BCUT2D eigenvalue weighted by molar-refractivity contribution is 0.592. The van der Waals surface area contributed by atoms with E-state index in [0.29, 0.717) is 0 Å². The number of hydrogen-bond acceptors (Lipinski definition) is 6. The SMILES string of the molecule is O=P(c1ccccc1)(c1ccccc1)c1ccc(-c2cc3oc4ccccc4c3c3c2oc2ccccc23)cc1.c1ccc(-c2cc(-c3cc4oc5ccccc5c4c4c3oc3ccccc34)cc(-c3ccccc3)n2)cc1. The average molecular weight is 1020 g/mol. The van der Waals surface area contributed by atoms with Gasteiger partial charge in [0.05, 0.1) is 11.4 Å². The van der Waals surface area contributed by atoms with Crippen LogP contribution in [0.4, 0.5) is 0 Å². The van der Waals surface area contributed by atoms with E-state index in [4.69, 9.17) is 22.7 Å². The van der Waals surface area contributed by atoms with Gasteiger partial charge in [0.1, 0.15) is 44.7 Å². The topological polar surface area (TPSA) is 82.5 Å². The van der Waals surface area contributed by atoms with Crippen molar-refractivity contribution in [2.45, 2.75) is 0 Å². The first-order valence-corrected chi connectivity index (χ1v) is 27.7. The molecule has 16 aromatic rings. The fourth-order valence-electron chi connectivity index (χ4n) is 11.4. The molecule has 7 heteroatoms. The van der Waals surface area contributed by atoms with E-state index in [2.05, 4.69) is 84.9 Å². The first-order valence-electron chi connectivity index (χ1n) is 26.0. The van der Waals surface area contributed by atoms with Gasteiger partial charge >= 0.3 is 0 Å². The Balaban J connectivity index is 0.000000136. The lowest BCUT2D eigenvalue weighted by Crippen LogP contribution is -2.24. The highest BCUT2D eigenvalue weighted by Gasteiger charge is 2.30. The van der Waals surface area contributed by atoms with Crippen LogP contribution < -0.4 is 15.9 Å². The second-order valence-electron chi connectivity index (χ2n) is 19.6. The molecule has 0 atom stereocenters. The van der Waals surface area contributed by atoms with E-state index in [9.17, 15) is 4.57 Å². The van der Waals surface area contributed by atoms with Crippen LogP contribution in [0.25, 0.3) is 133 Å². The van der Waals surface area contributed by atoms with Crippen LogP contribution in [0.3, 0.4) is 0 Å². The zero-order chi connectivity index (χ0) is 51.7. The minimum absolute atomic E-state index is 0.791. The van der Waals surface area contributed by atoms with Gasteiger partial charge in [0.2, 0.25) is 0 Å². The number of rotatable bonds is 7. The van der Waals surface area contributed by atoms with Gasteiger partial charge in [0.15, 0.2) is 7.14 Å². The largest absolute Gasteiger partial charge is 0.456 e. The van der Waals surface area contributed by atoms with Gasteiger partial charge in [-0.25, -0.2) is 4.98 Å². The first-order chi connectivity index (χ1) is 38.5. The van der Waals surface area contributed by atoms with Gasteiger partial charge in [-0.3, -0.25) is 0 Å². The summed E-state index contributed by atoms with van der Waals surface area (Å²) in [5.41, 5.74) is 14.7. The number of aromatic nitrogens is 1. The molecule has 0 aliphatic carbocycles. The highest BCUT2D eigenvalue weighted by molar-refractivity contribution is 7.85. The molecule has 0 amide bonds. The van der Waals surface area contributed by atoms with Crippen molar-refractivity contribution < 1.29 is 22.2 Å². The van der Waals surface area contributed by atoms with Crippen LogP contribution >= 0.6 is 7.14 Å². The fourth-order valence-corrected chi connectivity index (χ4v) is 14.1. The fraction of sp³-hybridized carbons (Fsp3) is 0. The Morgan fingerprint density at radius 2 is 0.603 bits per heavy atom. The number of fused-ring (bicyclic) bond motifs is 14. The third-order valence-corrected chi connectivity index (χ3v) is 18.1. The molecular formula is C71H44NO5P. The molecular weight excluding hydrogens is 978 g/mol. The standard InChI is InChI=1S/C36H23O3P.C35H21NO2/c37-40(25-11-3-1-4-12-25,26-13-5-2-6-14-26)27-21-19-24(20-22-27)30-23-33-34(28-15-7-9-17-31(28)38-33)35-29-16-8-10-18-32(29)39-36(30)35;1-3-11-22(12-4-1)28-19-24(20-29(36-28)23-13-5-2-6-14-23)27-21-32-33(25-15-7-9-17-30(25)37-32)34-26-16-8-10-18-31(26)38-35(27)34/h1-23H;1-21H. The molecule has 11 aromatic carbocycles. The molecule has 5 aromatic heterocycles. The molecule has 16 rings (SSSR count). The number of benzene rings is 11. The minimum Gasteiger partial charge on any atom is -0.456 e. The van der Waals surface area contributed by atoms with Crippen LogP contribution in [-0.4, -0.2) is 4.98 Å². The second-order valence-corrected chi connectivity index (χ2v) is 22.3. The van der Waals surface area contributed by atoms with Crippen molar-refractivity contribution in [3.05, 3.63) is 267 Å². The summed E-state index contributed by atoms with van der Waals surface area (Å²) in [5.74, 6) is 0. The lowest BCUT2D eigenvalue weighted by Gasteiger charge is -2.20. The third kappa shape index (κ3) is 7.41. The number of para-hydroxylation sites is 4. The van der Waals surface area contributed by atoms with Crippen LogP contribution in [0.5, 0.6) is 0 Å². The van der Waals surface area contributed by atoms with E-state index in [1.54, 1.807) is 0 Å². The van der Waals surface area contributed by atoms with E-state index in [1.165, 1.54) is 0 Å². The molecule has 0 saturated heterocycles. The van der Waals surface area contributed by atoms with Crippen molar-refractivity contribution in [1.29, 1.82) is 0 Å².